The van der Waals surface area contributed by atoms with E-state index >= 15 is 0 Å². The Hall–Kier alpha value is -2.08. The Labute approximate surface area is 108 Å². The molecule has 0 heterocycles. The zero-order valence-electron chi connectivity index (χ0n) is 10.3. The Morgan fingerprint density at radius 3 is 2.44 bits per heavy atom. The van der Waals surface area contributed by atoms with Crippen molar-refractivity contribution in [3.63, 3.8) is 0 Å². The highest BCUT2D eigenvalue weighted by atomic mass is 14.3. The number of benzene rings is 2. The van der Waals surface area contributed by atoms with Gasteiger partial charge in [-0.15, -0.1) is 6.58 Å². The molecule has 1 atom stereocenters. The molecule has 0 N–H and O–H groups in total. The van der Waals surface area contributed by atoms with Crippen molar-refractivity contribution in [3.8, 4) is 0 Å². The first kappa shape index (κ1) is 11.0. The zero-order valence-corrected chi connectivity index (χ0v) is 10.3. The van der Waals surface area contributed by atoms with Gasteiger partial charge in [0.25, 0.3) is 0 Å². The van der Waals surface area contributed by atoms with Gasteiger partial charge in [0.05, 0.1) is 0 Å². The maximum atomic E-state index is 3.87. The summed E-state index contributed by atoms with van der Waals surface area (Å²) in [4.78, 5) is 0. The van der Waals surface area contributed by atoms with E-state index in [9.17, 15) is 0 Å². The van der Waals surface area contributed by atoms with Crippen molar-refractivity contribution >= 4 is 6.08 Å². The normalized spacial score (nSPS) is 17.1. The van der Waals surface area contributed by atoms with Crippen LogP contribution in [0.25, 0.3) is 6.08 Å². The van der Waals surface area contributed by atoms with Gasteiger partial charge in [-0.05, 0) is 23.1 Å². The van der Waals surface area contributed by atoms with E-state index in [0.717, 1.165) is 6.42 Å². The summed E-state index contributed by atoms with van der Waals surface area (Å²) in [6.07, 6.45) is 5.26. The molecule has 1 unspecified atom stereocenters. The van der Waals surface area contributed by atoms with Crippen molar-refractivity contribution in [1.29, 1.82) is 0 Å². The molecule has 2 aromatic rings. The van der Waals surface area contributed by atoms with E-state index in [1.807, 2.05) is 6.08 Å². The second kappa shape index (κ2) is 4.66. The van der Waals surface area contributed by atoms with Crippen LogP contribution in [-0.4, -0.2) is 0 Å². The highest BCUT2D eigenvalue weighted by molar-refractivity contribution is 5.69. The standard InChI is InChI=1S/C18H16/c1-2-8-16-13-15-11-6-7-12-17(15)18(16)14-9-4-3-5-10-14/h2-7,9-13,18H,1,8H2. The van der Waals surface area contributed by atoms with Crippen LogP contribution in [-0.2, 0) is 0 Å². The molecule has 18 heavy (non-hydrogen) atoms. The van der Waals surface area contributed by atoms with E-state index in [0.29, 0.717) is 5.92 Å². The van der Waals surface area contributed by atoms with E-state index in [1.165, 1.54) is 22.3 Å². The first-order valence-corrected chi connectivity index (χ1v) is 6.35. The topological polar surface area (TPSA) is 0 Å². The van der Waals surface area contributed by atoms with Crippen LogP contribution in [0.15, 0.2) is 72.8 Å². The lowest BCUT2D eigenvalue weighted by molar-refractivity contribution is 0.940. The fourth-order valence-electron chi connectivity index (χ4n) is 2.77. The molecule has 0 aromatic heterocycles. The third-order valence-electron chi connectivity index (χ3n) is 3.53. The number of rotatable bonds is 3. The van der Waals surface area contributed by atoms with Gasteiger partial charge < -0.3 is 0 Å². The molecule has 1 aliphatic carbocycles. The molecule has 88 valence electrons. The molecule has 0 saturated carbocycles. The predicted octanol–water partition coefficient (Wildman–Crippen LogP) is 4.79. The van der Waals surface area contributed by atoms with Crippen molar-refractivity contribution in [3.05, 3.63) is 89.5 Å². The van der Waals surface area contributed by atoms with Gasteiger partial charge >= 0.3 is 0 Å². The molecule has 3 rings (SSSR count). The van der Waals surface area contributed by atoms with Crippen molar-refractivity contribution in [2.75, 3.05) is 0 Å². The minimum atomic E-state index is 0.403. The van der Waals surface area contributed by atoms with Gasteiger partial charge in [-0.2, -0.15) is 0 Å². The third-order valence-corrected chi connectivity index (χ3v) is 3.53. The minimum Gasteiger partial charge on any atom is -0.103 e. The molecule has 0 spiro atoms. The Morgan fingerprint density at radius 2 is 1.67 bits per heavy atom. The summed E-state index contributed by atoms with van der Waals surface area (Å²) in [7, 11) is 0. The molecule has 0 bridgehead atoms. The van der Waals surface area contributed by atoms with E-state index in [-0.39, 0.29) is 0 Å². The molecule has 1 aliphatic rings. The molecule has 0 radical (unpaired) electrons. The summed E-state index contributed by atoms with van der Waals surface area (Å²) in [5, 5.41) is 0. The predicted molar refractivity (Wildman–Crippen MR) is 77.5 cm³/mol. The molecule has 0 saturated heterocycles. The molecule has 0 fully saturated rings. The Balaban J connectivity index is 2.11. The van der Waals surface area contributed by atoms with Crippen molar-refractivity contribution in [2.24, 2.45) is 0 Å². The maximum Gasteiger partial charge on any atom is 0.0311 e. The summed E-state index contributed by atoms with van der Waals surface area (Å²) in [6, 6.07) is 19.4. The van der Waals surface area contributed by atoms with Gasteiger partial charge in [0.2, 0.25) is 0 Å². The molecule has 0 heteroatoms. The fraction of sp³-hybridized carbons (Fsp3) is 0.111. The van der Waals surface area contributed by atoms with Crippen LogP contribution < -0.4 is 0 Å². The van der Waals surface area contributed by atoms with Crippen LogP contribution in [0.1, 0.15) is 29.0 Å². The van der Waals surface area contributed by atoms with Gasteiger partial charge in [0.1, 0.15) is 0 Å². The van der Waals surface area contributed by atoms with Crippen LogP contribution in [0, 0.1) is 0 Å². The number of fused-ring (bicyclic) bond motifs is 1. The Morgan fingerprint density at radius 1 is 0.944 bits per heavy atom. The summed E-state index contributed by atoms with van der Waals surface area (Å²) < 4.78 is 0. The first-order valence-electron chi connectivity index (χ1n) is 6.35. The lowest BCUT2D eigenvalue weighted by atomic mass is 9.87. The van der Waals surface area contributed by atoms with Crippen molar-refractivity contribution in [2.45, 2.75) is 12.3 Å². The summed E-state index contributed by atoms with van der Waals surface area (Å²) in [5.41, 5.74) is 5.58. The molecular weight excluding hydrogens is 216 g/mol. The second-order valence-corrected chi connectivity index (χ2v) is 4.68. The van der Waals surface area contributed by atoms with Gasteiger partial charge in [-0.1, -0.05) is 72.3 Å². The molecule has 0 amide bonds. The van der Waals surface area contributed by atoms with E-state index < -0.39 is 0 Å². The van der Waals surface area contributed by atoms with Crippen LogP contribution >= 0.6 is 0 Å². The lowest BCUT2D eigenvalue weighted by Crippen LogP contribution is -2.00. The minimum absolute atomic E-state index is 0.403. The summed E-state index contributed by atoms with van der Waals surface area (Å²) in [6.45, 7) is 3.87. The van der Waals surface area contributed by atoms with Gasteiger partial charge in [0.15, 0.2) is 0 Å². The number of allylic oxidation sites excluding steroid dienone is 2. The average Bonchev–Trinajstić information content (AvgIpc) is 2.78. The fourth-order valence-corrected chi connectivity index (χ4v) is 2.77. The van der Waals surface area contributed by atoms with Crippen LogP contribution in [0.5, 0.6) is 0 Å². The highest BCUT2D eigenvalue weighted by Crippen LogP contribution is 2.42. The highest BCUT2D eigenvalue weighted by Gasteiger charge is 2.25. The zero-order chi connectivity index (χ0) is 12.4. The van der Waals surface area contributed by atoms with Gasteiger partial charge in [-0.3, -0.25) is 0 Å². The Kier molecular flexibility index (Phi) is 2.85. The monoisotopic (exact) mass is 232 g/mol. The van der Waals surface area contributed by atoms with E-state index in [1.54, 1.807) is 0 Å². The maximum absolute atomic E-state index is 3.87. The van der Waals surface area contributed by atoms with Gasteiger partial charge in [-0.25, -0.2) is 0 Å². The van der Waals surface area contributed by atoms with Crippen LogP contribution in [0.2, 0.25) is 0 Å². The third kappa shape index (κ3) is 1.80. The van der Waals surface area contributed by atoms with Crippen LogP contribution in [0.3, 0.4) is 0 Å². The SMILES string of the molecule is C=CCC1=Cc2ccccc2C1c1ccccc1. The second-order valence-electron chi connectivity index (χ2n) is 4.68. The molecule has 2 aromatic carbocycles. The largest absolute Gasteiger partial charge is 0.103 e. The lowest BCUT2D eigenvalue weighted by Gasteiger charge is -2.16. The number of hydrogen-bond acceptors (Lipinski definition) is 0. The summed E-state index contributed by atoms with van der Waals surface area (Å²) >= 11 is 0. The molecular formula is C18H16. The first-order chi connectivity index (χ1) is 8.90. The average molecular weight is 232 g/mol. The Bertz CT molecular complexity index is 590. The molecule has 0 aliphatic heterocycles. The van der Waals surface area contributed by atoms with Crippen LogP contribution in [0.4, 0.5) is 0 Å². The molecule has 0 nitrogen and oxygen atoms in total. The van der Waals surface area contributed by atoms with Gasteiger partial charge in [0, 0.05) is 5.92 Å². The van der Waals surface area contributed by atoms with Crippen molar-refractivity contribution < 1.29 is 0 Å². The van der Waals surface area contributed by atoms with Crippen molar-refractivity contribution in [1.82, 2.24) is 0 Å². The van der Waals surface area contributed by atoms with E-state index in [4.69, 9.17) is 0 Å². The smallest absolute Gasteiger partial charge is 0.0311 e. The quantitative estimate of drug-likeness (QED) is 0.667. The number of hydrogen-bond donors (Lipinski definition) is 0. The van der Waals surface area contributed by atoms with E-state index in [2.05, 4.69) is 67.3 Å². The summed E-state index contributed by atoms with van der Waals surface area (Å²) in [5.74, 6) is 0.403.